The Morgan fingerprint density at radius 3 is 2.25 bits per heavy atom. The summed E-state index contributed by atoms with van der Waals surface area (Å²) < 4.78 is 0. The first kappa shape index (κ1) is 11.2. The van der Waals surface area contributed by atoms with Gasteiger partial charge in [0.2, 0.25) is 0 Å². The van der Waals surface area contributed by atoms with Crippen molar-refractivity contribution in [1.29, 1.82) is 0 Å². The minimum absolute atomic E-state index is 0.339. The number of hydrogen-bond donors (Lipinski definition) is 0. The van der Waals surface area contributed by atoms with Gasteiger partial charge in [-0.25, -0.2) is 0 Å². The van der Waals surface area contributed by atoms with E-state index in [1.165, 1.54) is 0 Å². The van der Waals surface area contributed by atoms with Crippen LogP contribution >= 0.6 is 0 Å². The number of nitrogens with zero attached hydrogens (tertiary/aromatic N) is 1. The molecule has 1 nitrogen and oxygen atoms in total. The van der Waals surface area contributed by atoms with E-state index in [-0.39, 0.29) is 0 Å². The van der Waals surface area contributed by atoms with Crippen molar-refractivity contribution in [2.24, 2.45) is 11.3 Å². The lowest BCUT2D eigenvalue weighted by Gasteiger charge is -2.09. The van der Waals surface area contributed by atoms with Gasteiger partial charge in [-0.1, -0.05) is 43.9 Å². The molecule has 0 N–H and O–H groups in total. The predicted molar refractivity (Wildman–Crippen MR) is 68.1 cm³/mol. The van der Waals surface area contributed by atoms with E-state index in [4.69, 9.17) is 0 Å². The van der Waals surface area contributed by atoms with Crippen LogP contribution in [0.4, 0.5) is 0 Å². The van der Waals surface area contributed by atoms with Crippen LogP contribution in [0, 0.1) is 23.2 Å². The molecule has 84 valence electrons. The Hall–Kier alpha value is -1.26. The van der Waals surface area contributed by atoms with Gasteiger partial charge in [0.15, 0.2) is 0 Å². The number of rotatable bonds is 1. The van der Waals surface area contributed by atoms with E-state index in [0.29, 0.717) is 17.4 Å². The average molecular weight is 213 g/mol. The molecule has 2 unspecified atom stereocenters. The SMILES string of the molecule is CN(C)C1C(C#Cc2ccccc2)C1(C)C. The second-order valence-electron chi connectivity index (χ2n) is 5.34. The van der Waals surface area contributed by atoms with Crippen LogP contribution < -0.4 is 0 Å². The highest BCUT2D eigenvalue weighted by atomic mass is 15.2. The molecule has 2 rings (SSSR count). The molecule has 1 aromatic carbocycles. The standard InChI is InChI=1S/C15H19N/c1-15(2)13(14(15)16(3)4)11-10-12-8-6-5-7-9-12/h5-9,13-14H,1-4H3. The van der Waals surface area contributed by atoms with Crippen molar-refractivity contribution < 1.29 is 0 Å². The summed E-state index contributed by atoms with van der Waals surface area (Å²) in [5, 5.41) is 0. The number of benzene rings is 1. The van der Waals surface area contributed by atoms with E-state index in [9.17, 15) is 0 Å². The average Bonchev–Trinajstić information content (AvgIpc) is 2.79. The minimum Gasteiger partial charge on any atom is -0.305 e. The van der Waals surface area contributed by atoms with Gasteiger partial charge >= 0.3 is 0 Å². The summed E-state index contributed by atoms with van der Waals surface area (Å²) in [6.45, 7) is 4.59. The van der Waals surface area contributed by atoms with Gasteiger partial charge in [-0.3, -0.25) is 0 Å². The van der Waals surface area contributed by atoms with Gasteiger partial charge in [0.1, 0.15) is 0 Å². The largest absolute Gasteiger partial charge is 0.305 e. The maximum atomic E-state index is 3.40. The van der Waals surface area contributed by atoms with E-state index >= 15 is 0 Å². The van der Waals surface area contributed by atoms with Gasteiger partial charge in [-0.15, -0.1) is 0 Å². The smallest absolute Gasteiger partial charge is 0.0434 e. The molecule has 0 saturated heterocycles. The summed E-state index contributed by atoms with van der Waals surface area (Å²) in [6, 6.07) is 10.8. The van der Waals surface area contributed by atoms with Gasteiger partial charge < -0.3 is 4.90 Å². The molecular weight excluding hydrogens is 194 g/mol. The van der Waals surface area contributed by atoms with Crippen LogP contribution in [0.2, 0.25) is 0 Å². The van der Waals surface area contributed by atoms with Crippen molar-refractivity contribution in [1.82, 2.24) is 4.90 Å². The summed E-state index contributed by atoms with van der Waals surface area (Å²) in [7, 11) is 4.27. The summed E-state index contributed by atoms with van der Waals surface area (Å²) in [5.41, 5.74) is 1.45. The Morgan fingerprint density at radius 2 is 1.75 bits per heavy atom. The van der Waals surface area contributed by atoms with E-state index in [0.717, 1.165) is 5.56 Å². The third-order valence-electron chi connectivity index (χ3n) is 3.47. The maximum absolute atomic E-state index is 3.40. The van der Waals surface area contributed by atoms with Crippen LogP contribution in [-0.4, -0.2) is 25.0 Å². The fourth-order valence-corrected chi connectivity index (χ4v) is 2.52. The Balaban J connectivity index is 2.11. The quantitative estimate of drug-likeness (QED) is 0.648. The second-order valence-corrected chi connectivity index (χ2v) is 5.34. The third-order valence-corrected chi connectivity index (χ3v) is 3.47. The van der Waals surface area contributed by atoms with Crippen molar-refractivity contribution in [3.63, 3.8) is 0 Å². The van der Waals surface area contributed by atoms with Gasteiger partial charge in [-0.05, 0) is 31.6 Å². The van der Waals surface area contributed by atoms with E-state index in [2.05, 4.69) is 56.8 Å². The van der Waals surface area contributed by atoms with Crippen LogP contribution in [0.25, 0.3) is 0 Å². The molecule has 0 heterocycles. The first-order valence-corrected chi connectivity index (χ1v) is 5.76. The molecule has 0 radical (unpaired) electrons. The maximum Gasteiger partial charge on any atom is 0.0434 e. The van der Waals surface area contributed by atoms with Crippen molar-refractivity contribution in [2.75, 3.05) is 14.1 Å². The first-order chi connectivity index (χ1) is 7.53. The van der Waals surface area contributed by atoms with Crippen molar-refractivity contribution in [2.45, 2.75) is 19.9 Å². The highest BCUT2D eigenvalue weighted by Crippen LogP contribution is 2.53. The lowest BCUT2D eigenvalue weighted by molar-refractivity contribution is 0.345. The Kier molecular flexibility index (Phi) is 2.78. The van der Waals surface area contributed by atoms with Crippen molar-refractivity contribution >= 4 is 0 Å². The molecule has 0 amide bonds. The lowest BCUT2D eigenvalue weighted by Crippen LogP contribution is -2.19. The van der Waals surface area contributed by atoms with Gasteiger partial charge in [-0.2, -0.15) is 0 Å². The summed E-state index contributed by atoms with van der Waals surface area (Å²) in [5.74, 6) is 7.18. The molecular formula is C15H19N. The molecule has 1 saturated carbocycles. The summed E-state index contributed by atoms with van der Waals surface area (Å²) >= 11 is 0. The van der Waals surface area contributed by atoms with E-state index in [1.54, 1.807) is 0 Å². The zero-order chi connectivity index (χ0) is 11.8. The monoisotopic (exact) mass is 213 g/mol. The fourth-order valence-electron chi connectivity index (χ4n) is 2.52. The van der Waals surface area contributed by atoms with Crippen LogP contribution in [0.15, 0.2) is 30.3 Å². The van der Waals surface area contributed by atoms with E-state index in [1.807, 2.05) is 18.2 Å². The van der Waals surface area contributed by atoms with Crippen molar-refractivity contribution in [3.05, 3.63) is 35.9 Å². The highest BCUT2D eigenvalue weighted by molar-refractivity contribution is 5.37. The molecule has 0 spiro atoms. The van der Waals surface area contributed by atoms with E-state index < -0.39 is 0 Å². The summed E-state index contributed by atoms with van der Waals surface area (Å²) in [4.78, 5) is 2.28. The molecule has 0 aliphatic heterocycles. The molecule has 2 atom stereocenters. The molecule has 0 aromatic heterocycles. The minimum atomic E-state index is 0.339. The first-order valence-electron chi connectivity index (χ1n) is 5.76. The lowest BCUT2D eigenvalue weighted by atomic mass is 10.1. The molecule has 1 aromatic rings. The van der Waals surface area contributed by atoms with Gasteiger partial charge in [0, 0.05) is 17.5 Å². The van der Waals surface area contributed by atoms with Crippen LogP contribution in [0.1, 0.15) is 19.4 Å². The zero-order valence-corrected chi connectivity index (χ0v) is 10.5. The molecule has 1 heteroatoms. The van der Waals surface area contributed by atoms with Gasteiger partial charge in [0.25, 0.3) is 0 Å². The zero-order valence-electron chi connectivity index (χ0n) is 10.5. The highest BCUT2D eigenvalue weighted by Gasteiger charge is 2.58. The molecule has 1 fully saturated rings. The molecule has 1 aliphatic rings. The summed E-state index contributed by atoms with van der Waals surface area (Å²) in [6.07, 6.45) is 0. The normalized spacial score (nSPS) is 26.1. The van der Waals surface area contributed by atoms with Crippen LogP contribution in [0.3, 0.4) is 0 Å². The van der Waals surface area contributed by atoms with Crippen LogP contribution in [0.5, 0.6) is 0 Å². The topological polar surface area (TPSA) is 3.24 Å². The third kappa shape index (κ3) is 1.99. The number of hydrogen-bond acceptors (Lipinski definition) is 1. The predicted octanol–water partition coefficient (Wildman–Crippen LogP) is 2.62. The Labute approximate surface area is 98.5 Å². The molecule has 16 heavy (non-hydrogen) atoms. The Morgan fingerprint density at radius 1 is 1.12 bits per heavy atom. The molecule has 0 bridgehead atoms. The molecule has 1 aliphatic carbocycles. The second kappa shape index (κ2) is 3.96. The van der Waals surface area contributed by atoms with Crippen molar-refractivity contribution in [3.8, 4) is 11.8 Å². The van der Waals surface area contributed by atoms with Gasteiger partial charge in [0.05, 0.1) is 0 Å². The Bertz CT molecular complexity index is 420. The fraction of sp³-hybridized carbons (Fsp3) is 0.467. The van der Waals surface area contributed by atoms with Crippen LogP contribution in [-0.2, 0) is 0 Å².